The second kappa shape index (κ2) is 6.32. The molecular weight excluding hydrogens is 312 g/mol. The molecule has 0 heterocycles. The fourth-order valence-corrected chi connectivity index (χ4v) is 4.34. The summed E-state index contributed by atoms with van der Waals surface area (Å²) in [5.41, 5.74) is 0.232. The molecule has 1 aromatic rings. The quantitative estimate of drug-likeness (QED) is 0.921. The number of benzene rings is 1. The molecule has 1 N–H and O–H groups in total. The van der Waals surface area contributed by atoms with E-state index in [1.807, 2.05) is 6.07 Å². The van der Waals surface area contributed by atoms with Gasteiger partial charge in [-0.1, -0.05) is 24.4 Å². The minimum Gasteiger partial charge on any atom is -0.391 e. The predicted molar refractivity (Wildman–Crippen MR) is 79.4 cm³/mol. The van der Waals surface area contributed by atoms with Gasteiger partial charge in [-0.05, 0) is 31.0 Å². The van der Waals surface area contributed by atoms with Crippen LogP contribution in [0.4, 0.5) is 0 Å². The molecule has 0 radical (unpaired) electrons. The summed E-state index contributed by atoms with van der Waals surface area (Å²) in [7, 11) is -2.27. The lowest BCUT2D eigenvalue weighted by atomic mass is 9.93. The van der Waals surface area contributed by atoms with Crippen LogP contribution in [-0.4, -0.2) is 37.0 Å². The third-order valence-corrected chi connectivity index (χ3v) is 6.09. The number of sulfonamides is 1. The van der Waals surface area contributed by atoms with E-state index in [1.165, 1.54) is 29.6 Å². The molecule has 0 amide bonds. The highest BCUT2D eigenvalue weighted by molar-refractivity contribution is 7.89. The van der Waals surface area contributed by atoms with Gasteiger partial charge in [-0.25, -0.2) is 8.42 Å². The van der Waals surface area contributed by atoms with Gasteiger partial charge in [-0.15, -0.1) is 0 Å². The van der Waals surface area contributed by atoms with E-state index < -0.39 is 22.2 Å². The van der Waals surface area contributed by atoms with Gasteiger partial charge in [0.1, 0.15) is 6.07 Å². The van der Waals surface area contributed by atoms with Crippen molar-refractivity contribution in [3.05, 3.63) is 28.8 Å². The van der Waals surface area contributed by atoms with Crippen molar-refractivity contribution in [3.63, 3.8) is 0 Å². The van der Waals surface area contributed by atoms with Gasteiger partial charge >= 0.3 is 0 Å². The Kier molecular flexibility index (Phi) is 4.89. The molecule has 0 aliphatic heterocycles. The van der Waals surface area contributed by atoms with Crippen LogP contribution < -0.4 is 0 Å². The first-order valence-corrected chi connectivity index (χ1v) is 8.55. The first kappa shape index (κ1) is 16.2. The van der Waals surface area contributed by atoms with Crippen LogP contribution in [0.1, 0.15) is 31.2 Å². The van der Waals surface area contributed by atoms with Gasteiger partial charge < -0.3 is 5.11 Å². The molecule has 0 spiro atoms. The van der Waals surface area contributed by atoms with Crippen molar-refractivity contribution in [2.75, 3.05) is 7.05 Å². The van der Waals surface area contributed by atoms with E-state index in [0.29, 0.717) is 12.8 Å². The topological polar surface area (TPSA) is 81.4 Å². The molecule has 7 heteroatoms. The molecule has 114 valence electrons. The van der Waals surface area contributed by atoms with Crippen molar-refractivity contribution < 1.29 is 13.5 Å². The Balaban J connectivity index is 2.33. The second-order valence-corrected chi connectivity index (χ2v) is 7.60. The normalized spacial score (nSPS) is 23.0. The maximum absolute atomic E-state index is 12.6. The van der Waals surface area contributed by atoms with Crippen molar-refractivity contribution in [1.82, 2.24) is 4.31 Å². The van der Waals surface area contributed by atoms with Crippen LogP contribution in [0.25, 0.3) is 0 Å². The molecule has 2 unspecified atom stereocenters. The van der Waals surface area contributed by atoms with Gasteiger partial charge in [0.2, 0.25) is 10.0 Å². The number of aliphatic hydroxyl groups is 1. The number of rotatable bonds is 3. The zero-order valence-corrected chi connectivity index (χ0v) is 13.2. The highest BCUT2D eigenvalue weighted by Gasteiger charge is 2.34. The molecule has 1 aliphatic rings. The molecule has 0 bridgehead atoms. The van der Waals surface area contributed by atoms with Crippen LogP contribution in [0.15, 0.2) is 23.1 Å². The van der Waals surface area contributed by atoms with Crippen LogP contribution in [-0.2, 0) is 10.0 Å². The van der Waals surface area contributed by atoms with Crippen LogP contribution in [0.5, 0.6) is 0 Å². The summed E-state index contributed by atoms with van der Waals surface area (Å²) in [4.78, 5) is 0.0340. The van der Waals surface area contributed by atoms with E-state index in [2.05, 4.69) is 0 Å². The summed E-state index contributed by atoms with van der Waals surface area (Å²) in [6, 6.07) is 5.51. The number of halogens is 1. The van der Waals surface area contributed by atoms with E-state index in [-0.39, 0.29) is 15.5 Å². The first-order chi connectivity index (χ1) is 9.87. The maximum atomic E-state index is 12.6. The third-order valence-electron chi connectivity index (χ3n) is 3.90. The van der Waals surface area contributed by atoms with E-state index in [9.17, 15) is 13.5 Å². The molecule has 0 saturated heterocycles. The number of nitrogens with zero attached hydrogens (tertiary/aromatic N) is 2. The molecule has 1 saturated carbocycles. The van der Waals surface area contributed by atoms with Crippen molar-refractivity contribution in [2.45, 2.75) is 42.7 Å². The largest absolute Gasteiger partial charge is 0.391 e. The number of hydrogen-bond acceptors (Lipinski definition) is 4. The average Bonchev–Trinajstić information content (AvgIpc) is 2.47. The Hall–Kier alpha value is -1.13. The molecule has 0 aromatic heterocycles. The van der Waals surface area contributed by atoms with Crippen molar-refractivity contribution in [1.29, 1.82) is 5.26 Å². The minimum absolute atomic E-state index is 0.0340. The molecule has 2 atom stereocenters. The minimum atomic E-state index is -3.74. The van der Waals surface area contributed by atoms with E-state index >= 15 is 0 Å². The number of aliphatic hydroxyl groups excluding tert-OH is 1. The molecular formula is C14H17ClN2O3S. The average molecular weight is 329 g/mol. The Bertz CT molecular complexity index is 669. The molecule has 2 rings (SSSR count). The Morgan fingerprint density at radius 2 is 2.05 bits per heavy atom. The number of nitriles is 1. The SMILES string of the molecule is CN(C1CCCCC1O)S(=O)(=O)c1ccc(C#N)c(Cl)c1. The van der Waals surface area contributed by atoms with Gasteiger partial charge in [0.25, 0.3) is 0 Å². The zero-order chi connectivity index (χ0) is 15.6. The summed E-state index contributed by atoms with van der Waals surface area (Å²) < 4.78 is 26.4. The van der Waals surface area contributed by atoms with Crippen LogP contribution >= 0.6 is 11.6 Å². The molecule has 5 nitrogen and oxygen atoms in total. The smallest absolute Gasteiger partial charge is 0.243 e. The fourth-order valence-electron chi connectivity index (χ4n) is 2.61. The van der Waals surface area contributed by atoms with Crippen LogP contribution in [0.2, 0.25) is 5.02 Å². The molecule has 1 fully saturated rings. The van der Waals surface area contributed by atoms with Crippen molar-refractivity contribution >= 4 is 21.6 Å². The van der Waals surface area contributed by atoms with Gasteiger partial charge in [0.15, 0.2) is 0 Å². The Labute approximate surface area is 129 Å². The Morgan fingerprint density at radius 1 is 1.38 bits per heavy atom. The maximum Gasteiger partial charge on any atom is 0.243 e. The van der Waals surface area contributed by atoms with Crippen LogP contribution in [0.3, 0.4) is 0 Å². The summed E-state index contributed by atoms with van der Waals surface area (Å²) in [5.74, 6) is 0. The zero-order valence-electron chi connectivity index (χ0n) is 11.7. The molecule has 1 aromatic carbocycles. The van der Waals surface area contributed by atoms with Gasteiger partial charge in [0, 0.05) is 7.05 Å². The summed E-state index contributed by atoms with van der Waals surface area (Å²) in [6.45, 7) is 0. The third kappa shape index (κ3) is 3.22. The highest BCUT2D eigenvalue weighted by atomic mass is 35.5. The van der Waals surface area contributed by atoms with E-state index in [0.717, 1.165) is 12.8 Å². The van der Waals surface area contributed by atoms with Crippen LogP contribution in [0, 0.1) is 11.3 Å². The second-order valence-electron chi connectivity index (χ2n) is 5.19. The lowest BCUT2D eigenvalue weighted by molar-refractivity contribution is 0.0638. The van der Waals surface area contributed by atoms with E-state index in [4.69, 9.17) is 16.9 Å². The summed E-state index contributed by atoms with van der Waals surface area (Å²) in [5, 5.41) is 19.0. The van der Waals surface area contributed by atoms with Gasteiger partial charge in [-0.3, -0.25) is 0 Å². The summed E-state index contributed by atoms with van der Waals surface area (Å²) in [6.07, 6.45) is 2.41. The lowest BCUT2D eigenvalue weighted by Crippen LogP contribution is -2.46. The standard InChI is InChI=1S/C14H17ClN2O3S/c1-17(13-4-2-3-5-14(13)18)21(19,20)11-7-6-10(9-16)12(15)8-11/h6-8,13-14,18H,2-5H2,1H3. The van der Waals surface area contributed by atoms with E-state index in [1.54, 1.807) is 0 Å². The molecule has 1 aliphatic carbocycles. The first-order valence-electron chi connectivity index (χ1n) is 6.73. The molecule has 21 heavy (non-hydrogen) atoms. The summed E-state index contributed by atoms with van der Waals surface area (Å²) >= 11 is 5.90. The van der Waals surface area contributed by atoms with Gasteiger partial charge in [0.05, 0.1) is 27.6 Å². The predicted octanol–water partition coefficient (Wildman–Crippen LogP) is 2.14. The highest BCUT2D eigenvalue weighted by Crippen LogP contribution is 2.28. The Morgan fingerprint density at radius 3 is 2.62 bits per heavy atom. The number of hydrogen-bond donors (Lipinski definition) is 1. The monoisotopic (exact) mass is 328 g/mol. The van der Waals surface area contributed by atoms with Crippen molar-refractivity contribution in [2.24, 2.45) is 0 Å². The van der Waals surface area contributed by atoms with Crippen molar-refractivity contribution in [3.8, 4) is 6.07 Å². The fraction of sp³-hybridized carbons (Fsp3) is 0.500. The lowest BCUT2D eigenvalue weighted by Gasteiger charge is -2.34. The number of likely N-dealkylation sites (N-methyl/N-ethyl adjacent to an activating group) is 1. The van der Waals surface area contributed by atoms with Gasteiger partial charge in [-0.2, -0.15) is 9.57 Å².